The lowest BCUT2D eigenvalue weighted by atomic mass is 9.85. The number of carboxylic acids is 1. The highest BCUT2D eigenvalue weighted by atomic mass is 32.1. The minimum Gasteiger partial charge on any atom is -0.477 e. The van der Waals surface area contributed by atoms with Crippen molar-refractivity contribution in [1.29, 1.82) is 0 Å². The van der Waals surface area contributed by atoms with Gasteiger partial charge < -0.3 is 10.4 Å². The number of carbonyl (C=O) groups excluding carboxylic acids is 1. The quantitative estimate of drug-likeness (QED) is 0.862. The van der Waals surface area contributed by atoms with Gasteiger partial charge in [0.2, 0.25) is 5.91 Å². The molecule has 1 aliphatic carbocycles. The van der Waals surface area contributed by atoms with Crippen LogP contribution in [0.25, 0.3) is 0 Å². The number of aryl methyl sites for hydroxylation is 1. The summed E-state index contributed by atoms with van der Waals surface area (Å²) in [5.41, 5.74) is 0.534. The highest BCUT2D eigenvalue weighted by Gasteiger charge is 2.26. The molecule has 1 aromatic heterocycles. The molecular weight excluding hydrogens is 240 g/mol. The molecule has 0 radical (unpaired) electrons. The highest BCUT2D eigenvalue weighted by molar-refractivity contribution is 7.17. The normalized spacial score (nSPS) is 15.4. The van der Waals surface area contributed by atoms with Crippen LogP contribution in [0, 0.1) is 5.92 Å². The monoisotopic (exact) mass is 254 g/mol. The maximum Gasteiger partial charge on any atom is 0.347 e. The number of nitrogens with one attached hydrogen (secondary N) is 1. The van der Waals surface area contributed by atoms with Crippen molar-refractivity contribution in [3.8, 4) is 0 Å². The molecule has 1 saturated carbocycles. The third-order valence-electron chi connectivity index (χ3n) is 2.93. The van der Waals surface area contributed by atoms with E-state index in [-0.39, 0.29) is 16.7 Å². The standard InChI is InChI=1S/C11H14N2O3S/c1-2-7-8(10(15)16)17-11(12-7)13-9(14)6-4-3-5-6/h6H,2-5H2,1H3,(H,15,16)(H,12,13,14). The average Bonchev–Trinajstić information content (AvgIpc) is 2.58. The van der Waals surface area contributed by atoms with Gasteiger partial charge >= 0.3 is 5.97 Å². The Morgan fingerprint density at radius 2 is 2.24 bits per heavy atom. The van der Waals surface area contributed by atoms with Crippen LogP contribution < -0.4 is 5.32 Å². The van der Waals surface area contributed by atoms with E-state index in [0.717, 1.165) is 30.6 Å². The minimum absolute atomic E-state index is 0.0374. The third-order valence-corrected chi connectivity index (χ3v) is 3.93. The first-order valence-corrected chi connectivity index (χ1v) is 6.47. The number of nitrogens with zero attached hydrogens (tertiary/aromatic N) is 1. The van der Waals surface area contributed by atoms with Gasteiger partial charge in [0.15, 0.2) is 5.13 Å². The third kappa shape index (κ3) is 2.46. The number of carboxylic acid groups (broad SMARTS) is 1. The molecule has 1 aromatic rings. The number of thiazole rings is 1. The van der Waals surface area contributed by atoms with Crippen molar-refractivity contribution < 1.29 is 14.7 Å². The van der Waals surface area contributed by atoms with Crippen molar-refractivity contribution >= 4 is 28.3 Å². The summed E-state index contributed by atoms with van der Waals surface area (Å²) in [5, 5.41) is 12.1. The van der Waals surface area contributed by atoms with E-state index in [9.17, 15) is 9.59 Å². The Bertz CT molecular complexity index is 452. The fraction of sp³-hybridized carbons (Fsp3) is 0.545. The summed E-state index contributed by atoms with van der Waals surface area (Å²) in [6.07, 6.45) is 3.49. The molecule has 1 heterocycles. The van der Waals surface area contributed by atoms with Crippen LogP contribution >= 0.6 is 11.3 Å². The molecule has 2 N–H and O–H groups in total. The van der Waals surface area contributed by atoms with Crippen molar-refractivity contribution in [3.63, 3.8) is 0 Å². The molecule has 0 aliphatic heterocycles. The van der Waals surface area contributed by atoms with Crippen LogP contribution in [0.2, 0.25) is 0 Å². The summed E-state index contributed by atoms with van der Waals surface area (Å²) in [7, 11) is 0. The second kappa shape index (κ2) is 4.83. The summed E-state index contributed by atoms with van der Waals surface area (Å²) in [5.74, 6) is -0.940. The zero-order valence-electron chi connectivity index (χ0n) is 9.52. The van der Waals surface area contributed by atoms with E-state index in [1.165, 1.54) is 0 Å². The number of aromatic carboxylic acids is 1. The van der Waals surface area contributed by atoms with Crippen molar-refractivity contribution in [2.75, 3.05) is 5.32 Å². The average molecular weight is 254 g/mol. The van der Waals surface area contributed by atoms with Crippen molar-refractivity contribution in [2.24, 2.45) is 5.92 Å². The first-order valence-electron chi connectivity index (χ1n) is 5.65. The lowest BCUT2D eigenvalue weighted by Gasteiger charge is -2.23. The molecule has 1 amide bonds. The van der Waals surface area contributed by atoms with Gasteiger partial charge in [0, 0.05) is 5.92 Å². The predicted octanol–water partition coefficient (Wildman–Crippen LogP) is 2.14. The van der Waals surface area contributed by atoms with Gasteiger partial charge in [-0.15, -0.1) is 0 Å². The molecule has 0 spiro atoms. The fourth-order valence-corrected chi connectivity index (χ4v) is 2.59. The number of aromatic nitrogens is 1. The smallest absolute Gasteiger partial charge is 0.347 e. The number of hydrogen-bond donors (Lipinski definition) is 2. The van der Waals surface area contributed by atoms with E-state index >= 15 is 0 Å². The number of rotatable bonds is 4. The van der Waals surface area contributed by atoms with Crippen LogP contribution in [0.1, 0.15) is 41.6 Å². The molecule has 6 heteroatoms. The van der Waals surface area contributed by atoms with Gasteiger partial charge in [-0.2, -0.15) is 0 Å². The van der Waals surface area contributed by atoms with Gasteiger partial charge in [-0.1, -0.05) is 24.7 Å². The SMILES string of the molecule is CCc1nc(NC(=O)C2CCC2)sc1C(=O)O. The van der Waals surface area contributed by atoms with E-state index in [2.05, 4.69) is 10.3 Å². The molecule has 17 heavy (non-hydrogen) atoms. The molecule has 1 aliphatic rings. The Hall–Kier alpha value is -1.43. The Morgan fingerprint density at radius 3 is 2.65 bits per heavy atom. The maximum absolute atomic E-state index is 11.7. The first kappa shape index (κ1) is 12.0. The van der Waals surface area contributed by atoms with Crippen LogP contribution in [0.15, 0.2) is 0 Å². The van der Waals surface area contributed by atoms with Gasteiger partial charge in [-0.05, 0) is 19.3 Å². The second-order valence-corrected chi connectivity index (χ2v) is 5.07. The first-order chi connectivity index (χ1) is 8.11. The summed E-state index contributed by atoms with van der Waals surface area (Å²) < 4.78 is 0. The summed E-state index contributed by atoms with van der Waals surface area (Å²) >= 11 is 1.03. The molecule has 5 nitrogen and oxygen atoms in total. The largest absolute Gasteiger partial charge is 0.477 e. The van der Waals surface area contributed by atoms with Crippen molar-refractivity contribution in [2.45, 2.75) is 32.6 Å². The Labute approximate surface area is 103 Å². The van der Waals surface area contributed by atoms with Gasteiger partial charge in [-0.3, -0.25) is 4.79 Å². The Kier molecular flexibility index (Phi) is 3.42. The highest BCUT2D eigenvalue weighted by Crippen LogP contribution is 2.29. The van der Waals surface area contributed by atoms with E-state index in [0.29, 0.717) is 17.2 Å². The second-order valence-electron chi connectivity index (χ2n) is 4.07. The number of carbonyl (C=O) groups is 2. The van der Waals surface area contributed by atoms with Crippen molar-refractivity contribution in [3.05, 3.63) is 10.6 Å². The Morgan fingerprint density at radius 1 is 1.53 bits per heavy atom. The molecule has 0 atom stereocenters. The molecule has 1 fully saturated rings. The van der Waals surface area contributed by atoms with Gasteiger partial charge in [-0.25, -0.2) is 9.78 Å². The number of amides is 1. The lowest BCUT2D eigenvalue weighted by Crippen LogP contribution is -2.27. The molecule has 92 valence electrons. The maximum atomic E-state index is 11.7. The van der Waals surface area contributed by atoms with E-state index in [1.807, 2.05) is 6.92 Å². The Balaban J connectivity index is 2.10. The van der Waals surface area contributed by atoms with Gasteiger partial charge in [0.25, 0.3) is 0 Å². The molecule has 2 rings (SSSR count). The topological polar surface area (TPSA) is 79.3 Å². The van der Waals surface area contributed by atoms with Crippen LogP contribution in [0.3, 0.4) is 0 Å². The molecule has 0 unspecified atom stereocenters. The fourth-order valence-electron chi connectivity index (χ4n) is 1.69. The van der Waals surface area contributed by atoms with Crippen LogP contribution in [0.4, 0.5) is 5.13 Å². The summed E-state index contributed by atoms with van der Waals surface area (Å²) in [6, 6.07) is 0. The predicted molar refractivity (Wildman–Crippen MR) is 64.4 cm³/mol. The van der Waals surface area contributed by atoms with Crippen LogP contribution in [0.5, 0.6) is 0 Å². The summed E-state index contributed by atoms with van der Waals surface area (Å²) in [6.45, 7) is 1.85. The zero-order valence-corrected chi connectivity index (χ0v) is 10.3. The van der Waals surface area contributed by atoms with Gasteiger partial charge in [0.1, 0.15) is 4.88 Å². The number of anilines is 1. The number of hydrogen-bond acceptors (Lipinski definition) is 4. The zero-order chi connectivity index (χ0) is 12.4. The molecule has 0 saturated heterocycles. The van der Waals surface area contributed by atoms with E-state index < -0.39 is 5.97 Å². The lowest BCUT2D eigenvalue weighted by molar-refractivity contribution is -0.122. The molecule has 0 aromatic carbocycles. The minimum atomic E-state index is -0.983. The van der Waals surface area contributed by atoms with Crippen LogP contribution in [-0.4, -0.2) is 22.0 Å². The van der Waals surface area contributed by atoms with E-state index in [4.69, 9.17) is 5.11 Å². The summed E-state index contributed by atoms with van der Waals surface area (Å²) in [4.78, 5) is 27.0. The molecular formula is C11H14N2O3S. The van der Waals surface area contributed by atoms with Crippen molar-refractivity contribution in [1.82, 2.24) is 4.98 Å². The van der Waals surface area contributed by atoms with Crippen LogP contribution in [-0.2, 0) is 11.2 Å². The molecule has 0 bridgehead atoms. The van der Waals surface area contributed by atoms with Gasteiger partial charge in [0.05, 0.1) is 5.69 Å². The van der Waals surface area contributed by atoms with E-state index in [1.54, 1.807) is 0 Å².